The molecule has 0 saturated carbocycles. The maximum Gasteiger partial charge on any atom is 0.233 e. The zero-order chi connectivity index (χ0) is 13.8. The van der Waals surface area contributed by atoms with Crippen molar-refractivity contribution in [2.45, 2.75) is 39.3 Å². The topological polar surface area (TPSA) is 51.0 Å². The minimum atomic E-state index is 0.0156. The Morgan fingerprint density at radius 2 is 1.95 bits per heavy atom. The second kappa shape index (κ2) is 6.17. The summed E-state index contributed by atoms with van der Waals surface area (Å²) in [7, 11) is 0. The molecule has 2 rings (SSSR count). The Hall–Kier alpha value is -1.39. The van der Waals surface area contributed by atoms with E-state index in [9.17, 15) is 0 Å². The molecule has 0 radical (unpaired) electrons. The van der Waals surface area contributed by atoms with Crippen LogP contribution in [0.2, 0.25) is 5.02 Å². The van der Waals surface area contributed by atoms with Gasteiger partial charge in [-0.05, 0) is 31.0 Å². The molecule has 0 aliphatic heterocycles. The average Bonchev–Trinajstić information content (AvgIpc) is 2.84. The molecule has 19 heavy (non-hydrogen) atoms. The van der Waals surface area contributed by atoms with E-state index in [1.807, 2.05) is 31.2 Å². The maximum atomic E-state index is 5.91. The predicted octanol–water partition coefficient (Wildman–Crippen LogP) is 3.83. The number of nitrogens with one attached hydrogen (secondary N) is 1. The fourth-order valence-electron chi connectivity index (χ4n) is 2.00. The Bertz CT molecular complexity index is 524. The Balaban J connectivity index is 2.08. The summed E-state index contributed by atoms with van der Waals surface area (Å²) in [5.74, 6) is 1.20. The molecule has 0 spiro atoms. The first kappa shape index (κ1) is 14.0. The van der Waals surface area contributed by atoms with Gasteiger partial charge >= 0.3 is 0 Å². The molecule has 1 aromatic carbocycles. The molecule has 0 bridgehead atoms. The quantitative estimate of drug-likeness (QED) is 0.904. The first-order valence-electron chi connectivity index (χ1n) is 6.41. The van der Waals surface area contributed by atoms with Crippen molar-refractivity contribution < 1.29 is 4.42 Å². The van der Waals surface area contributed by atoms with Crippen LogP contribution in [0.15, 0.2) is 28.7 Å². The fraction of sp³-hybridized carbons (Fsp3) is 0.429. The monoisotopic (exact) mass is 279 g/mol. The lowest BCUT2D eigenvalue weighted by Crippen LogP contribution is -2.24. The molecular formula is C14H18ClN3O. The van der Waals surface area contributed by atoms with Gasteiger partial charge in [0, 0.05) is 18.0 Å². The summed E-state index contributed by atoms with van der Waals surface area (Å²) in [6.07, 6.45) is 0.971. The van der Waals surface area contributed by atoms with Gasteiger partial charge in [-0.25, -0.2) is 0 Å². The van der Waals surface area contributed by atoms with Crippen molar-refractivity contribution in [3.8, 4) is 0 Å². The van der Waals surface area contributed by atoms with Gasteiger partial charge in [0.2, 0.25) is 11.8 Å². The molecule has 1 heterocycles. The van der Waals surface area contributed by atoms with Crippen molar-refractivity contribution in [2.75, 3.05) is 0 Å². The average molecular weight is 280 g/mol. The summed E-state index contributed by atoms with van der Waals surface area (Å²) < 4.78 is 5.44. The van der Waals surface area contributed by atoms with Crippen LogP contribution in [0, 0.1) is 6.92 Å². The predicted molar refractivity (Wildman–Crippen MR) is 75.1 cm³/mol. The summed E-state index contributed by atoms with van der Waals surface area (Å²) in [4.78, 5) is 0. The van der Waals surface area contributed by atoms with E-state index in [4.69, 9.17) is 16.0 Å². The number of hydrogen-bond donors (Lipinski definition) is 1. The third-order valence-corrected chi connectivity index (χ3v) is 3.30. The van der Waals surface area contributed by atoms with Crippen LogP contribution in [0.25, 0.3) is 0 Å². The maximum absolute atomic E-state index is 5.91. The number of aromatic nitrogens is 2. The fourth-order valence-corrected chi connectivity index (χ4v) is 2.13. The Labute approximate surface area is 118 Å². The molecule has 0 aliphatic carbocycles. The highest BCUT2D eigenvalue weighted by Crippen LogP contribution is 2.23. The minimum absolute atomic E-state index is 0.0156. The van der Waals surface area contributed by atoms with Crippen molar-refractivity contribution >= 4 is 11.6 Å². The lowest BCUT2D eigenvalue weighted by atomic mass is 10.0. The van der Waals surface area contributed by atoms with Crippen LogP contribution in [0.3, 0.4) is 0 Å². The number of nitrogens with zero attached hydrogens (tertiary/aromatic N) is 2. The van der Waals surface area contributed by atoms with Crippen LogP contribution in [0.1, 0.15) is 49.7 Å². The van der Waals surface area contributed by atoms with E-state index < -0.39 is 0 Å². The third kappa shape index (κ3) is 3.55. The van der Waals surface area contributed by atoms with Crippen LogP contribution in [-0.4, -0.2) is 10.2 Å². The molecule has 2 atom stereocenters. The zero-order valence-corrected chi connectivity index (χ0v) is 12.1. The summed E-state index contributed by atoms with van der Waals surface area (Å²) >= 11 is 5.91. The minimum Gasteiger partial charge on any atom is -0.424 e. The van der Waals surface area contributed by atoms with E-state index in [1.165, 1.54) is 5.56 Å². The third-order valence-electron chi connectivity index (χ3n) is 3.04. The van der Waals surface area contributed by atoms with Crippen LogP contribution >= 0.6 is 11.6 Å². The van der Waals surface area contributed by atoms with Crippen molar-refractivity contribution in [3.05, 3.63) is 46.6 Å². The molecule has 102 valence electrons. The molecule has 0 aliphatic rings. The van der Waals surface area contributed by atoms with Gasteiger partial charge in [0.15, 0.2) is 0 Å². The summed E-state index contributed by atoms with van der Waals surface area (Å²) in [6, 6.07) is 8.14. The largest absolute Gasteiger partial charge is 0.424 e. The molecular weight excluding hydrogens is 262 g/mol. The second-order valence-electron chi connectivity index (χ2n) is 4.56. The van der Waals surface area contributed by atoms with Gasteiger partial charge in [-0.15, -0.1) is 10.2 Å². The number of benzene rings is 1. The summed E-state index contributed by atoms with van der Waals surface area (Å²) in [5, 5.41) is 12.1. The molecule has 1 aromatic heterocycles. The van der Waals surface area contributed by atoms with Gasteiger partial charge in [0.1, 0.15) is 0 Å². The van der Waals surface area contributed by atoms with Gasteiger partial charge in [-0.2, -0.15) is 0 Å². The number of aryl methyl sites for hydroxylation is 1. The van der Waals surface area contributed by atoms with Crippen LogP contribution < -0.4 is 5.32 Å². The molecule has 1 N–H and O–H groups in total. The standard InChI is InChI=1S/C14H18ClN3O/c1-4-13(11-5-7-12(15)8-6-11)16-9(2)14-18-17-10(3)19-14/h5-9,13,16H,4H2,1-3H3. The number of hydrogen-bond acceptors (Lipinski definition) is 4. The van der Waals surface area contributed by atoms with Crippen molar-refractivity contribution in [3.63, 3.8) is 0 Å². The zero-order valence-electron chi connectivity index (χ0n) is 11.4. The van der Waals surface area contributed by atoms with Gasteiger partial charge in [-0.1, -0.05) is 30.7 Å². The smallest absolute Gasteiger partial charge is 0.233 e. The first-order chi connectivity index (χ1) is 9.10. The highest BCUT2D eigenvalue weighted by molar-refractivity contribution is 6.30. The van der Waals surface area contributed by atoms with Crippen molar-refractivity contribution in [2.24, 2.45) is 0 Å². The number of halogens is 1. The van der Waals surface area contributed by atoms with Crippen LogP contribution in [0.4, 0.5) is 0 Å². The second-order valence-corrected chi connectivity index (χ2v) is 5.00. The summed E-state index contributed by atoms with van der Waals surface area (Å²) in [5.41, 5.74) is 1.20. The van der Waals surface area contributed by atoms with E-state index in [0.29, 0.717) is 11.8 Å². The van der Waals surface area contributed by atoms with Crippen molar-refractivity contribution in [1.29, 1.82) is 0 Å². The van der Waals surface area contributed by atoms with Gasteiger partial charge < -0.3 is 4.42 Å². The molecule has 0 amide bonds. The Morgan fingerprint density at radius 1 is 1.26 bits per heavy atom. The highest BCUT2D eigenvalue weighted by Gasteiger charge is 2.17. The molecule has 2 unspecified atom stereocenters. The van der Waals surface area contributed by atoms with Gasteiger partial charge in [-0.3, -0.25) is 5.32 Å². The number of rotatable bonds is 5. The Morgan fingerprint density at radius 3 is 2.47 bits per heavy atom. The molecule has 4 nitrogen and oxygen atoms in total. The summed E-state index contributed by atoms with van der Waals surface area (Å²) in [6.45, 7) is 5.95. The molecule has 5 heteroatoms. The lowest BCUT2D eigenvalue weighted by Gasteiger charge is -2.20. The van der Waals surface area contributed by atoms with E-state index in [0.717, 1.165) is 11.4 Å². The van der Waals surface area contributed by atoms with Crippen molar-refractivity contribution in [1.82, 2.24) is 15.5 Å². The van der Waals surface area contributed by atoms with E-state index in [2.05, 4.69) is 22.4 Å². The highest BCUT2D eigenvalue weighted by atomic mass is 35.5. The first-order valence-corrected chi connectivity index (χ1v) is 6.79. The normalized spacial score (nSPS) is 14.3. The van der Waals surface area contributed by atoms with E-state index >= 15 is 0 Å². The molecule has 2 aromatic rings. The SMILES string of the molecule is CCC(NC(C)c1nnc(C)o1)c1ccc(Cl)cc1. The lowest BCUT2D eigenvalue weighted by molar-refractivity contribution is 0.367. The Kier molecular flexibility index (Phi) is 4.56. The van der Waals surface area contributed by atoms with Gasteiger partial charge in [0.05, 0.1) is 6.04 Å². The van der Waals surface area contributed by atoms with Crippen LogP contribution in [-0.2, 0) is 0 Å². The molecule has 0 saturated heterocycles. The van der Waals surface area contributed by atoms with Crippen LogP contribution in [0.5, 0.6) is 0 Å². The van der Waals surface area contributed by atoms with Gasteiger partial charge in [0.25, 0.3) is 0 Å². The van der Waals surface area contributed by atoms with E-state index in [1.54, 1.807) is 6.92 Å². The van der Waals surface area contributed by atoms with E-state index in [-0.39, 0.29) is 12.1 Å². The molecule has 0 fully saturated rings.